The van der Waals surface area contributed by atoms with Crippen molar-refractivity contribution in [2.24, 2.45) is 5.73 Å². The minimum Gasteiger partial charge on any atom is -0.333 e. The predicted molar refractivity (Wildman–Crippen MR) is 56.4 cm³/mol. The summed E-state index contributed by atoms with van der Waals surface area (Å²) in [6.07, 6.45) is 0. The molecule has 0 saturated carbocycles. The first-order valence-electron chi connectivity index (χ1n) is 0.577. The largest absolute Gasteiger partial charge is 0.333 e. The van der Waals surface area contributed by atoms with E-state index in [-0.39, 0.29) is 71.9 Å². The van der Waals surface area contributed by atoms with Crippen molar-refractivity contribution >= 4 is 71.9 Å². The Hall–Kier alpha value is 2.15. The molecule has 4 heteroatoms. The molecule has 0 saturated heterocycles. The Kier molecular flexibility index (Phi) is 192. The van der Waals surface area contributed by atoms with Crippen LogP contribution in [-0.2, 0) is 0 Å². The maximum absolute atomic E-state index is 4.50. The molecule has 1 nitrogen and oxygen atoms in total. The van der Waals surface area contributed by atoms with Crippen molar-refractivity contribution < 1.29 is 0 Å². The van der Waals surface area contributed by atoms with Crippen LogP contribution in [0.2, 0.25) is 0 Å². The fraction of sp³-hybridized carbons (Fsp3) is 1.00. The standard InChI is InChI=1S/CH5N.3HI/c1-2;;;/h2H2,1H3;3*1H. The Labute approximate surface area is 83.5 Å². The summed E-state index contributed by atoms with van der Waals surface area (Å²) in [5.74, 6) is 0. The highest BCUT2D eigenvalue weighted by Gasteiger charge is 0.836. The van der Waals surface area contributed by atoms with Gasteiger partial charge in [0.25, 0.3) is 0 Å². The molecule has 0 bridgehead atoms. The van der Waals surface area contributed by atoms with Crippen LogP contribution in [0.5, 0.6) is 0 Å². The number of halogens is 3. The predicted octanol–water partition coefficient (Wildman–Crippen LogP) is 1.43. The molecule has 0 unspecified atom stereocenters. The average molecular weight is 415 g/mol. The first-order valence-corrected chi connectivity index (χ1v) is 0.577. The van der Waals surface area contributed by atoms with E-state index in [0.29, 0.717) is 0 Å². The minimum absolute atomic E-state index is 0. The molecule has 0 aromatic heterocycles. The van der Waals surface area contributed by atoms with E-state index in [2.05, 4.69) is 5.73 Å². The number of nitrogens with two attached hydrogens (primary N) is 1. The van der Waals surface area contributed by atoms with E-state index < -0.39 is 0 Å². The summed E-state index contributed by atoms with van der Waals surface area (Å²) >= 11 is 0. The van der Waals surface area contributed by atoms with Gasteiger partial charge >= 0.3 is 0 Å². The molecule has 0 heterocycles. The molecule has 38 valence electrons. The first kappa shape index (κ1) is 27.3. The second-order valence-electron chi connectivity index (χ2n) is 0. The molecule has 0 rings (SSSR count). The zero-order valence-electron chi connectivity index (χ0n) is 2.80. The third kappa shape index (κ3) is 22.9. The Morgan fingerprint density at radius 1 is 0.800 bits per heavy atom. The van der Waals surface area contributed by atoms with Gasteiger partial charge in [-0.15, -0.1) is 71.9 Å². The Balaban J connectivity index is -0.00000000167. The van der Waals surface area contributed by atoms with Gasteiger partial charge in [0.2, 0.25) is 0 Å². The number of rotatable bonds is 0. The molecule has 0 aromatic rings. The van der Waals surface area contributed by atoms with E-state index in [0.717, 1.165) is 0 Å². The molecule has 0 amide bonds. The van der Waals surface area contributed by atoms with Gasteiger partial charge in [0.05, 0.1) is 0 Å². The summed E-state index contributed by atoms with van der Waals surface area (Å²) in [7, 11) is 1.50. The quantitative estimate of drug-likeness (QED) is 0.596. The van der Waals surface area contributed by atoms with Gasteiger partial charge in [0.15, 0.2) is 0 Å². The molecule has 0 radical (unpaired) electrons. The summed E-state index contributed by atoms with van der Waals surface area (Å²) in [6, 6.07) is 0. The fourth-order valence-electron chi connectivity index (χ4n) is 0. The van der Waals surface area contributed by atoms with Gasteiger partial charge in [-0.1, -0.05) is 0 Å². The van der Waals surface area contributed by atoms with Crippen LogP contribution in [0.3, 0.4) is 0 Å². The third-order valence-electron chi connectivity index (χ3n) is 0. The normalized spacial score (nSPS) is 1.20. The van der Waals surface area contributed by atoms with E-state index in [9.17, 15) is 0 Å². The van der Waals surface area contributed by atoms with Crippen molar-refractivity contribution in [1.29, 1.82) is 0 Å². The molecule has 0 fully saturated rings. The molecular formula is CH8I3N. The van der Waals surface area contributed by atoms with Gasteiger partial charge in [0.1, 0.15) is 0 Å². The molecule has 0 aliphatic heterocycles. The summed E-state index contributed by atoms with van der Waals surface area (Å²) in [5, 5.41) is 0. The van der Waals surface area contributed by atoms with Crippen molar-refractivity contribution in [2.45, 2.75) is 0 Å². The van der Waals surface area contributed by atoms with E-state index in [4.69, 9.17) is 0 Å². The molecule has 5 heavy (non-hydrogen) atoms. The van der Waals surface area contributed by atoms with Gasteiger partial charge < -0.3 is 5.73 Å². The second kappa shape index (κ2) is 35.3. The maximum Gasteiger partial charge on any atom is -0.0195 e. The van der Waals surface area contributed by atoms with E-state index in [1.165, 1.54) is 7.05 Å². The van der Waals surface area contributed by atoms with Crippen LogP contribution in [-0.4, -0.2) is 7.05 Å². The van der Waals surface area contributed by atoms with Gasteiger partial charge in [-0.3, -0.25) is 0 Å². The van der Waals surface area contributed by atoms with E-state index in [1.807, 2.05) is 0 Å². The second-order valence-corrected chi connectivity index (χ2v) is 0. The van der Waals surface area contributed by atoms with Crippen LogP contribution in [0.25, 0.3) is 0 Å². The van der Waals surface area contributed by atoms with Crippen molar-refractivity contribution in [3.8, 4) is 0 Å². The lowest BCUT2D eigenvalue weighted by Gasteiger charge is -1.19. The molecule has 0 aliphatic carbocycles. The highest BCUT2D eigenvalue weighted by Crippen LogP contribution is 0.888. The zero-order chi connectivity index (χ0) is 2.00. The molecule has 0 aliphatic rings. The molecule has 0 spiro atoms. The lowest BCUT2D eigenvalue weighted by molar-refractivity contribution is 1.48. The Morgan fingerprint density at radius 2 is 0.800 bits per heavy atom. The van der Waals surface area contributed by atoms with Crippen LogP contribution in [0.1, 0.15) is 0 Å². The summed E-state index contributed by atoms with van der Waals surface area (Å²) in [6.45, 7) is 0. The summed E-state index contributed by atoms with van der Waals surface area (Å²) in [5.41, 5.74) is 4.50. The SMILES string of the molecule is CN.I.I.I. The molecule has 0 aromatic carbocycles. The van der Waals surface area contributed by atoms with E-state index >= 15 is 0 Å². The van der Waals surface area contributed by atoms with Crippen molar-refractivity contribution in [2.75, 3.05) is 7.05 Å². The summed E-state index contributed by atoms with van der Waals surface area (Å²) < 4.78 is 0. The smallest absolute Gasteiger partial charge is 0.0195 e. The number of hydrogen-bond donors (Lipinski definition) is 1. The fourth-order valence-corrected chi connectivity index (χ4v) is 0. The highest BCUT2D eigenvalue weighted by atomic mass is 127. The van der Waals surface area contributed by atoms with Crippen molar-refractivity contribution in [3.05, 3.63) is 0 Å². The Bertz CT molecular complexity index is 6.85. The van der Waals surface area contributed by atoms with Gasteiger partial charge in [0, 0.05) is 0 Å². The maximum atomic E-state index is 4.50. The van der Waals surface area contributed by atoms with Gasteiger partial charge in [-0.05, 0) is 7.05 Å². The van der Waals surface area contributed by atoms with Crippen LogP contribution in [0, 0.1) is 0 Å². The Morgan fingerprint density at radius 3 is 0.800 bits per heavy atom. The minimum atomic E-state index is 0. The summed E-state index contributed by atoms with van der Waals surface area (Å²) in [4.78, 5) is 0. The topological polar surface area (TPSA) is 26.0 Å². The average Bonchev–Trinajstić information content (AvgIpc) is 1.00. The molecule has 2 N–H and O–H groups in total. The third-order valence-corrected chi connectivity index (χ3v) is 0. The molecular weight excluding hydrogens is 407 g/mol. The van der Waals surface area contributed by atoms with E-state index in [1.54, 1.807) is 0 Å². The number of hydrogen-bond acceptors (Lipinski definition) is 1. The van der Waals surface area contributed by atoms with Crippen LogP contribution >= 0.6 is 71.9 Å². The zero-order valence-corrected chi connectivity index (χ0v) is 9.79. The highest BCUT2D eigenvalue weighted by molar-refractivity contribution is 14.0. The monoisotopic (exact) mass is 415 g/mol. The first-order chi connectivity index (χ1) is 1.00. The van der Waals surface area contributed by atoms with Gasteiger partial charge in [-0.25, -0.2) is 0 Å². The molecule has 0 atom stereocenters. The van der Waals surface area contributed by atoms with Crippen molar-refractivity contribution in [3.63, 3.8) is 0 Å². The van der Waals surface area contributed by atoms with Crippen LogP contribution in [0.4, 0.5) is 0 Å². The lowest BCUT2D eigenvalue weighted by atomic mass is 11.6. The lowest BCUT2D eigenvalue weighted by Crippen LogP contribution is -1.69. The van der Waals surface area contributed by atoms with Gasteiger partial charge in [-0.2, -0.15) is 0 Å². The van der Waals surface area contributed by atoms with Crippen LogP contribution < -0.4 is 5.73 Å². The van der Waals surface area contributed by atoms with Crippen molar-refractivity contribution in [1.82, 2.24) is 0 Å². The van der Waals surface area contributed by atoms with Crippen LogP contribution in [0.15, 0.2) is 0 Å².